The average Bonchev–Trinajstić information content (AvgIpc) is 2.72. The van der Waals surface area contributed by atoms with Gasteiger partial charge in [-0.05, 0) is 12.1 Å². The van der Waals surface area contributed by atoms with Crippen LogP contribution < -0.4 is 4.90 Å². The SMILES string of the molecule is O=C(CSc1nncc2ccccc12)N1CCN(c2ccccc2F)CC1. The van der Waals surface area contributed by atoms with Crippen LogP contribution in [0.2, 0.25) is 0 Å². The molecule has 0 N–H and O–H groups in total. The lowest BCUT2D eigenvalue weighted by Crippen LogP contribution is -2.49. The van der Waals surface area contributed by atoms with Crippen molar-refractivity contribution in [1.29, 1.82) is 0 Å². The summed E-state index contributed by atoms with van der Waals surface area (Å²) in [5.74, 6) is 0.174. The Morgan fingerprint density at radius 2 is 1.78 bits per heavy atom. The molecular weight excluding hydrogens is 363 g/mol. The first-order valence-electron chi connectivity index (χ1n) is 8.83. The largest absolute Gasteiger partial charge is 0.366 e. The van der Waals surface area contributed by atoms with Crippen molar-refractivity contribution in [2.24, 2.45) is 0 Å². The molecule has 1 saturated heterocycles. The Morgan fingerprint density at radius 3 is 2.59 bits per heavy atom. The van der Waals surface area contributed by atoms with Gasteiger partial charge in [-0.25, -0.2) is 4.39 Å². The first kappa shape index (κ1) is 17.7. The number of hydrogen-bond donors (Lipinski definition) is 0. The van der Waals surface area contributed by atoms with Crippen LogP contribution in [0.3, 0.4) is 0 Å². The lowest BCUT2D eigenvalue weighted by Gasteiger charge is -2.36. The molecule has 4 rings (SSSR count). The van der Waals surface area contributed by atoms with E-state index in [2.05, 4.69) is 10.2 Å². The third-order valence-electron chi connectivity index (χ3n) is 4.69. The van der Waals surface area contributed by atoms with E-state index in [-0.39, 0.29) is 11.7 Å². The van der Waals surface area contributed by atoms with E-state index < -0.39 is 0 Å². The molecule has 0 spiro atoms. The molecule has 1 aromatic heterocycles. The highest BCUT2D eigenvalue weighted by Crippen LogP contribution is 2.25. The number of nitrogens with zero attached hydrogens (tertiary/aromatic N) is 4. The van der Waals surface area contributed by atoms with Gasteiger partial charge in [-0.3, -0.25) is 4.79 Å². The van der Waals surface area contributed by atoms with Crippen molar-refractivity contribution in [3.05, 3.63) is 60.5 Å². The molecule has 1 aliphatic rings. The molecule has 5 nitrogen and oxygen atoms in total. The van der Waals surface area contributed by atoms with Crippen molar-refractivity contribution in [2.45, 2.75) is 5.03 Å². The molecular formula is C20H19FN4OS. The summed E-state index contributed by atoms with van der Waals surface area (Å²) in [5, 5.41) is 11.0. The number of thioether (sulfide) groups is 1. The van der Waals surface area contributed by atoms with Crippen molar-refractivity contribution in [2.75, 3.05) is 36.8 Å². The second-order valence-electron chi connectivity index (χ2n) is 6.34. The lowest BCUT2D eigenvalue weighted by atomic mass is 10.2. The van der Waals surface area contributed by atoms with Gasteiger partial charge in [0.1, 0.15) is 10.8 Å². The summed E-state index contributed by atoms with van der Waals surface area (Å²) < 4.78 is 13.9. The summed E-state index contributed by atoms with van der Waals surface area (Å²) in [7, 11) is 0. The van der Waals surface area contributed by atoms with Gasteiger partial charge in [-0.2, -0.15) is 5.10 Å². The van der Waals surface area contributed by atoms with E-state index in [1.54, 1.807) is 18.3 Å². The fourth-order valence-electron chi connectivity index (χ4n) is 3.23. The summed E-state index contributed by atoms with van der Waals surface area (Å²) in [6.07, 6.45) is 1.73. The smallest absolute Gasteiger partial charge is 0.233 e. The molecule has 7 heteroatoms. The third kappa shape index (κ3) is 3.88. The molecule has 0 atom stereocenters. The number of para-hydroxylation sites is 1. The molecule has 2 heterocycles. The molecule has 1 aliphatic heterocycles. The summed E-state index contributed by atoms with van der Waals surface area (Å²) in [6, 6.07) is 14.7. The van der Waals surface area contributed by atoms with Gasteiger partial charge in [0.05, 0.1) is 17.6 Å². The molecule has 0 aliphatic carbocycles. The second-order valence-corrected chi connectivity index (χ2v) is 7.31. The summed E-state index contributed by atoms with van der Waals surface area (Å²) in [6.45, 7) is 2.45. The number of rotatable bonds is 4. The number of halogens is 1. The summed E-state index contributed by atoms with van der Waals surface area (Å²) in [4.78, 5) is 16.4. The lowest BCUT2D eigenvalue weighted by molar-refractivity contribution is -0.128. The molecule has 0 saturated carbocycles. The fraction of sp³-hybridized carbons (Fsp3) is 0.250. The molecule has 1 amide bonds. The van der Waals surface area contributed by atoms with E-state index in [1.165, 1.54) is 17.8 Å². The van der Waals surface area contributed by atoms with Gasteiger partial charge in [0.15, 0.2) is 0 Å². The predicted molar refractivity (Wildman–Crippen MR) is 105 cm³/mol. The van der Waals surface area contributed by atoms with Gasteiger partial charge >= 0.3 is 0 Å². The van der Waals surface area contributed by atoms with Crippen molar-refractivity contribution in [1.82, 2.24) is 15.1 Å². The van der Waals surface area contributed by atoms with Crippen LogP contribution in [-0.4, -0.2) is 52.9 Å². The fourth-order valence-corrected chi connectivity index (χ4v) is 4.12. The van der Waals surface area contributed by atoms with E-state index in [0.717, 1.165) is 15.8 Å². The number of amides is 1. The highest BCUT2D eigenvalue weighted by Gasteiger charge is 2.23. The summed E-state index contributed by atoms with van der Waals surface area (Å²) >= 11 is 1.41. The number of aromatic nitrogens is 2. The maximum Gasteiger partial charge on any atom is 0.233 e. The molecule has 0 unspecified atom stereocenters. The van der Waals surface area contributed by atoms with Gasteiger partial charge in [0.25, 0.3) is 0 Å². The Labute approximate surface area is 161 Å². The van der Waals surface area contributed by atoms with Crippen LogP contribution in [-0.2, 0) is 4.79 Å². The Bertz CT molecular complexity index is 954. The Hall–Kier alpha value is -2.67. The van der Waals surface area contributed by atoms with E-state index in [4.69, 9.17) is 0 Å². The first-order chi connectivity index (χ1) is 13.2. The van der Waals surface area contributed by atoms with E-state index in [9.17, 15) is 9.18 Å². The molecule has 2 aromatic carbocycles. The number of benzene rings is 2. The van der Waals surface area contributed by atoms with Crippen molar-refractivity contribution < 1.29 is 9.18 Å². The minimum absolute atomic E-state index is 0.0721. The Balaban J connectivity index is 1.35. The van der Waals surface area contributed by atoms with E-state index in [0.29, 0.717) is 37.6 Å². The predicted octanol–water partition coefficient (Wildman–Crippen LogP) is 3.21. The third-order valence-corrected chi connectivity index (χ3v) is 5.66. The highest BCUT2D eigenvalue weighted by atomic mass is 32.2. The van der Waals surface area contributed by atoms with Crippen molar-refractivity contribution in [3.8, 4) is 0 Å². The van der Waals surface area contributed by atoms with Crippen molar-refractivity contribution in [3.63, 3.8) is 0 Å². The number of carbonyl (C=O) groups is 1. The maximum absolute atomic E-state index is 13.9. The molecule has 0 radical (unpaired) electrons. The maximum atomic E-state index is 13.9. The van der Waals surface area contributed by atoms with Crippen LogP contribution in [0.15, 0.2) is 59.8 Å². The van der Waals surface area contributed by atoms with Gasteiger partial charge in [-0.15, -0.1) is 5.10 Å². The van der Waals surface area contributed by atoms with Gasteiger partial charge in [-0.1, -0.05) is 48.2 Å². The summed E-state index contributed by atoms with van der Waals surface area (Å²) in [5.41, 5.74) is 0.602. The molecule has 27 heavy (non-hydrogen) atoms. The minimum Gasteiger partial charge on any atom is -0.366 e. The van der Waals surface area contributed by atoms with Crippen molar-refractivity contribution >= 4 is 34.1 Å². The Kier molecular flexibility index (Phi) is 5.20. The van der Waals surface area contributed by atoms with Crippen LogP contribution in [0.25, 0.3) is 10.8 Å². The monoisotopic (exact) mass is 382 g/mol. The van der Waals surface area contributed by atoms with Crippen LogP contribution in [0.4, 0.5) is 10.1 Å². The molecule has 1 fully saturated rings. The van der Waals surface area contributed by atoms with Gasteiger partial charge in [0.2, 0.25) is 5.91 Å². The average molecular weight is 382 g/mol. The standard InChI is InChI=1S/C20H19FN4OS/c21-17-7-3-4-8-18(17)24-9-11-25(12-10-24)19(26)14-27-20-16-6-2-1-5-15(16)13-22-23-20/h1-8,13H,9-12,14H2. The number of fused-ring (bicyclic) bond motifs is 1. The number of piperazine rings is 1. The quantitative estimate of drug-likeness (QED) is 0.649. The second kappa shape index (κ2) is 7.92. The number of anilines is 1. The zero-order chi connectivity index (χ0) is 18.6. The van der Waals surface area contributed by atoms with Gasteiger partial charge in [0, 0.05) is 37.0 Å². The molecule has 0 bridgehead atoms. The zero-order valence-corrected chi connectivity index (χ0v) is 15.5. The number of hydrogen-bond acceptors (Lipinski definition) is 5. The topological polar surface area (TPSA) is 49.3 Å². The minimum atomic E-state index is -0.220. The normalized spacial score (nSPS) is 14.6. The molecule has 3 aromatic rings. The highest BCUT2D eigenvalue weighted by molar-refractivity contribution is 8.00. The van der Waals surface area contributed by atoms with Crippen LogP contribution in [0.5, 0.6) is 0 Å². The molecule has 138 valence electrons. The van der Waals surface area contributed by atoms with Crippen LogP contribution in [0, 0.1) is 5.82 Å². The van der Waals surface area contributed by atoms with Gasteiger partial charge < -0.3 is 9.80 Å². The van der Waals surface area contributed by atoms with Crippen LogP contribution in [0.1, 0.15) is 0 Å². The number of carbonyl (C=O) groups excluding carboxylic acids is 1. The zero-order valence-electron chi connectivity index (χ0n) is 14.7. The van der Waals surface area contributed by atoms with Crippen LogP contribution >= 0.6 is 11.8 Å². The Morgan fingerprint density at radius 1 is 1.04 bits per heavy atom. The van der Waals surface area contributed by atoms with E-state index in [1.807, 2.05) is 40.1 Å². The van der Waals surface area contributed by atoms with E-state index >= 15 is 0 Å². The first-order valence-corrected chi connectivity index (χ1v) is 9.81.